The molecule has 6 heteroatoms. The average Bonchev–Trinajstić information content (AvgIpc) is 2.83. The molecule has 1 aliphatic heterocycles. The zero-order chi connectivity index (χ0) is 19.8. The molecule has 0 spiro atoms. The zero-order valence-electron chi connectivity index (χ0n) is 16.3. The Morgan fingerprint density at radius 2 is 1.67 bits per heavy atom. The summed E-state index contributed by atoms with van der Waals surface area (Å²) in [4.78, 5) is 16.4. The van der Waals surface area contributed by atoms with Crippen LogP contribution in [0, 0.1) is 0 Å². The molecule has 1 fully saturated rings. The van der Waals surface area contributed by atoms with Crippen LogP contribution in [0.15, 0.2) is 23.9 Å². The Hall–Kier alpha value is -1.78. The van der Waals surface area contributed by atoms with Gasteiger partial charge in [0, 0.05) is 0 Å². The Kier molecular flexibility index (Phi) is 8.39. The van der Waals surface area contributed by atoms with Crippen molar-refractivity contribution in [3.63, 3.8) is 0 Å². The molecule has 1 heterocycles. The number of nitrogens with zero attached hydrogens (tertiary/aromatic N) is 2. The van der Waals surface area contributed by atoms with Crippen LogP contribution in [0.2, 0.25) is 0 Å². The molecule has 0 bridgehead atoms. The number of amides is 1. The van der Waals surface area contributed by atoms with E-state index in [-0.39, 0.29) is 17.4 Å². The van der Waals surface area contributed by atoms with Gasteiger partial charge in [-0.3, -0.25) is 0 Å². The van der Waals surface area contributed by atoms with Crippen LogP contribution < -0.4 is 0 Å². The van der Waals surface area contributed by atoms with Gasteiger partial charge < -0.3 is 0 Å². The number of rotatable bonds is 10. The monoisotopic (exact) mass is 438 g/mol. The summed E-state index contributed by atoms with van der Waals surface area (Å²) in [6.07, 6.45) is 11.5. The molecule has 1 amide bonds. The third-order valence-corrected chi connectivity index (χ3v) is 5.92. The van der Waals surface area contributed by atoms with Gasteiger partial charge in [-0.15, -0.1) is 0 Å². The first-order valence-corrected chi connectivity index (χ1v) is 10.6. The molecule has 2 N–H and O–H groups in total. The van der Waals surface area contributed by atoms with E-state index in [9.17, 15) is 15.0 Å². The second kappa shape index (κ2) is 10.5. The fourth-order valence-electron chi connectivity index (χ4n) is 3.21. The van der Waals surface area contributed by atoms with Gasteiger partial charge in [0.2, 0.25) is 0 Å². The number of hydrogen-bond acceptors (Lipinski definition) is 4. The van der Waals surface area contributed by atoms with E-state index in [4.69, 9.17) is 0 Å². The van der Waals surface area contributed by atoms with Crippen molar-refractivity contribution in [1.82, 2.24) is 9.80 Å². The molecule has 0 aromatic heterocycles. The Morgan fingerprint density at radius 3 is 2.30 bits per heavy atom. The van der Waals surface area contributed by atoms with E-state index in [1.165, 1.54) is 50.7 Å². The first-order valence-electron chi connectivity index (χ1n) is 9.79. The van der Waals surface area contributed by atoms with Crippen molar-refractivity contribution in [1.29, 1.82) is 0 Å². The zero-order valence-corrected chi connectivity index (χ0v) is 18.0. The molecule has 2 rings (SSSR count). The fraction of sp³-hybridized carbons (Fsp3) is 0.524. The molecule has 0 unspecified atom stereocenters. The Morgan fingerprint density at radius 1 is 1.04 bits per heavy atom. The molecule has 0 aliphatic carbocycles. The van der Waals surface area contributed by atoms with Crippen molar-refractivity contribution in [2.24, 2.45) is 0 Å². The second-order valence-electron chi connectivity index (χ2n) is 7.05. The van der Waals surface area contributed by atoms with Crippen molar-refractivity contribution >= 4 is 32.2 Å². The SMILES string of the molecule is CCCCCCCCCCN1C(=O)/C(=C\c2ccc(O)cc2O)N(C)C1=[Se]. The predicted molar refractivity (Wildman–Crippen MR) is 111 cm³/mol. The van der Waals surface area contributed by atoms with Crippen LogP contribution in [0.4, 0.5) is 0 Å². The van der Waals surface area contributed by atoms with Gasteiger partial charge >= 0.3 is 170 Å². The van der Waals surface area contributed by atoms with Gasteiger partial charge in [-0.25, -0.2) is 0 Å². The molecule has 148 valence electrons. The predicted octanol–water partition coefficient (Wildman–Crippen LogP) is 3.61. The quantitative estimate of drug-likeness (QED) is 0.334. The molecule has 1 saturated heterocycles. The van der Waals surface area contributed by atoms with E-state index < -0.39 is 0 Å². The van der Waals surface area contributed by atoms with Crippen LogP contribution >= 0.6 is 0 Å². The number of phenols is 2. The number of hydrogen-bond donors (Lipinski definition) is 2. The summed E-state index contributed by atoms with van der Waals surface area (Å²) in [5.41, 5.74) is 1.01. The van der Waals surface area contributed by atoms with E-state index in [1.54, 1.807) is 21.9 Å². The first kappa shape index (κ1) is 21.5. The summed E-state index contributed by atoms with van der Waals surface area (Å²) in [5.74, 6) is -0.123. The van der Waals surface area contributed by atoms with Crippen LogP contribution in [0.5, 0.6) is 11.5 Å². The van der Waals surface area contributed by atoms with Crippen LogP contribution in [0.1, 0.15) is 63.9 Å². The van der Waals surface area contributed by atoms with Gasteiger partial charge in [-0.2, -0.15) is 0 Å². The van der Waals surface area contributed by atoms with Gasteiger partial charge in [0.1, 0.15) is 0 Å². The average molecular weight is 437 g/mol. The van der Waals surface area contributed by atoms with Crippen molar-refractivity contribution in [3.05, 3.63) is 29.5 Å². The number of likely N-dealkylation sites (N-methyl/N-ethyl adjacent to an activating group) is 1. The van der Waals surface area contributed by atoms with Crippen molar-refractivity contribution in [3.8, 4) is 11.5 Å². The van der Waals surface area contributed by atoms with Gasteiger partial charge in [0.05, 0.1) is 0 Å². The fourth-order valence-corrected chi connectivity index (χ4v) is 3.79. The summed E-state index contributed by atoms with van der Waals surface area (Å²) >= 11 is 2.99. The van der Waals surface area contributed by atoms with E-state index >= 15 is 0 Å². The number of benzene rings is 1. The number of carbonyl (C=O) groups excluding carboxylic acids is 1. The van der Waals surface area contributed by atoms with Gasteiger partial charge in [0.15, 0.2) is 0 Å². The Balaban J connectivity index is 1.90. The third kappa shape index (κ3) is 5.85. The molecule has 1 aromatic carbocycles. The molecule has 1 aliphatic rings. The third-order valence-electron chi connectivity index (χ3n) is 4.88. The summed E-state index contributed by atoms with van der Waals surface area (Å²) in [6.45, 7) is 2.92. The second-order valence-corrected chi connectivity index (χ2v) is 7.81. The van der Waals surface area contributed by atoms with Crippen LogP contribution in [-0.2, 0) is 4.79 Å². The van der Waals surface area contributed by atoms with Crippen LogP contribution in [-0.4, -0.2) is 59.8 Å². The number of aromatic hydroxyl groups is 2. The molecule has 27 heavy (non-hydrogen) atoms. The molecular weight excluding hydrogens is 407 g/mol. The number of phenolic OH excluding ortho intramolecular Hbond substituents is 2. The van der Waals surface area contributed by atoms with Crippen molar-refractivity contribution in [2.75, 3.05) is 13.6 Å². The van der Waals surface area contributed by atoms with Gasteiger partial charge in [-0.1, -0.05) is 0 Å². The minimum absolute atomic E-state index is 0.00634. The van der Waals surface area contributed by atoms with E-state index in [0.717, 1.165) is 17.5 Å². The Bertz CT molecular complexity index is 703. The van der Waals surface area contributed by atoms with E-state index in [2.05, 4.69) is 22.5 Å². The molecule has 0 saturated carbocycles. The number of carbonyl (C=O) groups is 1. The first-order chi connectivity index (χ1) is 13.0. The summed E-state index contributed by atoms with van der Waals surface area (Å²) < 4.78 is 0.785. The summed E-state index contributed by atoms with van der Waals surface area (Å²) in [7, 11) is 1.83. The van der Waals surface area contributed by atoms with Gasteiger partial charge in [0.25, 0.3) is 0 Å². The molecule has 1 aromatic rings. The summed E-state index contributed by atoms with van der Waals surface area (Å²) in [6, 6.07) is 4.36. The Labute approximate surface area is 170 Å². The minimum atomic E-state index is -0.0679. The summed E-state index contributed by atoms with van der Waals surface area (Å²) in [5, 5.41) is 19.4. The number of unbranched alkanes of at least 4 members (excludes halogenated alkanes) is 7. The normalized spacial score (nSPS) is 16.0. The van der Waals surface area contributed by atoms with Crippen molar-refractivity contribution < 1.29 is 15.0 Å². The molecule has 5 nitrogen and oxygen atoms in total. The topological polar surface area (TPSA) is 64.0 Å². The van der Waals surface area contributed by atoms with E-state index in [1.807, 2.05) is 7.05 Å². The maximum atomic E-state index is 12.8. The molecular formula is C21H30N2O3Se. The molecule has 0 atom stereocenters. The van der Waals surface area contributed by atoms with Crippen LogP contribution in [0.25, 0.3) is 6.08 Å². The van der Waals surface area contributed by atoms with E-state index in [0.29, 0.717) is 17.8 Å². The maximum absolute atomic E-state index is 12.8. The van der Waals surface area contributed by atoms with Gasteiger partial charge in [-0.05, 0) is 0 Å². The molecule has 0 radical (unpaired) electrons. The van der Waals surface area contributed by atoms with Crippen molar-refractivity contribution in [2.45, 2.75) is 58.3 Å². The van der Waals surface area contributed by atoms with Crippen LogP contribution in [0.3, 0.4) is 0 Å². The standard InChI is InChI=1S/C21H30N2O3Se/c1-3-4-5-6-7-8-9-10-13-23-20(26)18(22(2)21(23)27)14-16-11-12-17(24)15-19(16)25/h11-12,14-15,24-25H,3-10,13H2,1-2H3/b18-14+.